The van der Waals surface area contributed by atoms with Gasteiger partial charge in [-0.05, 0) is 51.4 Å². The van der Waals surface area contributed by atoms with Crippen molar-refractivity contribution < 1.29 is 4.79 Å². The number of allylic oxidation sites excluding steroid dienone is 2. The molecule has 0 radical (unpaired) electrons. The largest absolute Gasteiger partial charge is 0.342 e. The van der Waals surface area contributed by atoms with Gasteiger partial charge in [0, 0.05) is 19.1 Å². The third-order valence-electron chi connectivity index (χ3n) is 4.66. The van der Waals surface area contributed by atoms with Gasteiger partial charge >= 0.3 is 0 Å². The SMILES string of the molecule is CCN(CC)C(=O)CNC(C)C1CC2C=CC1C2. The van der Waals surface area contributed by atoms with Crippen molar-refractivity contribution in [1.29, 1.82) is 0 Å². The van der Waals surface area contributed by atoms with Gasteiger partial charge in [0.25, 0.3) is 0 Å². The van der Waals surface area contributed by atoms with Gasteiger partial charge in [-0.25, -0.2) is 0 Å². The number of nitrogens with one attached hydrogen (secondary N) is 1. The summed E-state index contributed by atoms with van der Waals surface area (Å²) >= 11 is 0. The first kappa shape index (κ1) is 13.6. The predicted molar refractivity (Wildman–Crippen MR) is 74.2 cm³/mol. The van der Waals surface area contributed by atoms with Crippen LogP contribution in [-0.2, 0) is 4.79 Å². The highest BCUT2D eigenvalue weighted by molar-refractivity contribution is 5.78. The van der Waals surface area contributed by atoms with E-state index in [1.54, 1.807) is 0 Å². The number of hydrogen-bond donors (Lipinski definition) is 1. The first-order valence-corrected chi connectivity index (χ1v) is 7.35. The van der Waals surface area contributed by atoms with E-state index in [2.05, 4.69) is 24.4 Å². The second-order valence-corrected chi connectivity index (χ2v) is 5.68. The summed E-state index contributed by atoms with van der Waals surface area (Å²) in [5.74, 6) is 2.51. The molecule has 2 rings (SSSR count). The number of nitrogens with zero attached hydrogens (tertiary/aromatic N) is 1. The lowest BCUT2D eigenvalue weighted by molar-refractivity contribution is -0.130. The zero-order chi connectivity index (χ0) is 13.1. The Bertz CT molecular complexity index is 322. The molecular formula is C15H26N2O. The minimum Gasteiger partial charge on any atom is -0.342 e. The Hall–Kier alpha value is -0.830. The maximum absolute atomic E-state index is 11.9. The van der Waals surface area contributed by atoms with Crippen LogP contribution in [-0.4, -0.2) is 36.5 Å². The Labute approximate surface area is 111 Å². The van der Waals surface area contributed by atoms with Crippen LogP contribution in [0.4, 0.5) is 0 Å². The van der Waals surface area contributed by atoms with E-state index >= 15 is 0 Å². The summed E-state index contributed by atoms with van der Waals surface area (Å²) in [6.45, 7) is 8.40. The Kier molecular flexibility index (Phi) is 4.44. The number of fused-ring (bicyclic) bond motifs is 2. The Morgan fingerprint density at radius 3 is 2.56 bits per heavy atom. The monoisotopic (exact) mass is 250 g/mol. The van der Waals surface area contributed by atoms with Crippen molar-refractivity contribution in [2.45, 2.75) is 39.7 Å². The number of carbonyl (C=O) groups excluding carboxylic acids is 1. The lowest BCUT2D eigenvalue weighted by atomic mass is 9.87. The van der Waals surface area contributed by atoms with Crippen LogP contribution < -0.4 is 5.32 Å². The van der Waals surface area contributed by atoms with Gasteiger partial charge in [0.15, 0.2) is 0 Å². The molecule has 0 aliphatic heterocycles. The average molecular weight is 250 g/mol. The fraction of sp³-hybridized carbons (Fsp3) is 0.800. The van der Waals surface area contributed by atoms with E-state index in [1.807, 2.05) is 18.7 Å². The molecule has 0 aromatic rings. The van der Waals surface area contributed by atoms with Gasteiger partial charge in [0.1, 0.15) is 0 Å². The molecule has 3 nitrogen and oxygen atoms in total. The molecule has 1 saturated carbocycles. The normalized spacial score (nSPS) is 30.7. The van der Waals surface area contributed by atoms with Gasteiger partial charge in [-0.2, -0.15) is 0 Å². The fourth-order valence-electron chi connectivity index (χ4n) is 3.49. The molecule has 0 aromatic heterocycles. The Balaban J connectivity index is 1.76. The molecule has 18 heavy (non-hydrogen) atoms. The molecule has 3 heteroatoms. The minimum atomic E-state index is 0.227. The maximum atomic E-state index is 11.9. The van der Waals surface area contributed by atoms with Crippen LogP contribution in [0.2, 0.25) is 0 Å². The molecule has 1 amide bonds. The molecule has 0 spiro atoms. The number of amides is 1. The molecule has 2 aliphatic rings. The van der Waals surface area contributed by atoms with Crippen molar-refractivity contribution in [2.24, 2.45) is 17.8 Å². The van der Waals surface area contributed by atoms with Gasteiger partial charge in [-0.15, -0.1) is 0 Å². The molecule has 2 bridgehead atoms. The summed E-state index contributed by atoms with van der Waals surface area (Å²) in [4.78, 5) is 13.8. The topological polar surface area (TPSA) is 32.3 Å². The van der Waals surface area contributed by atoms with Crippen molar-refractivity contribution in [3.63, 3.8) is 0 Å². The molecule has 0 heterocycles. The van der Waals surface area contributed by atoms with Crippen LogP contribution in [0.25, 0.3) is 0 Å². The van der Waals surface area contributed by atoms with E-state index in [1.165, 1.54) is 12.8 Å². The van der Waals surface area contributed by atoms with Crippen molar-refractivity contribution >= 4 is 5.91 Å². The highest BCUT2D eigenvalue weighted by atomic mass is 16.2. The molecule has 102 valence electrons. The molecule has 2 aliphatic carbocycles. The first-order chi connectivity index (χ1) is 8.65. The third-order valence-corrected chi connectivity index (χ3v) is 4.66. The predicted octanol–water partition coefficient (Wildman–Crippen LogP) is 2.05. The minimum absolute atomic E-state index is 0.227. The Morgan fingerprint density at radius 1 is 1.33 bits per heavy atom. The maximum Gasteiger partial charge on any atom is 0.236 e. The summed E-state index contributed by atoms with van der Waals surface area (Å²) in [7, 11) is 0. The van der Waals surface area contributed by atoms with Crippen LogP contribution >= 0.6 is 0 Å². The van der Waals surface area contributed by atoms with Crippen LogP contribution in [0.15, 0.2) is 12.2 Å². The van der Waals surface area contributed by atoms with E-state index < -0.39 is 0 Å². The molecule has 1 fully saturated rings. The highest BCUT2D eigenvalue weighted by Gasteiger charge is 2.38. The van der Waals surface area contributed by atoms with Crippen molar-refractivity contribution in [1.82, 2.24) is 10.2 Å². The lowest BCUT2D eigenvalue weighted by Crippen LogP contribution is -2.43. The molecule has 0 saturated heterocycles. The van der Waals surface area contributed by atoms with Crippen LogP contribution in [0.3, 0.4) is 0 Å². The quantitative estimate of drug-likeness (QED) is 0.732. The second kappa shape index (κ2) is 5.87. The smallest absolute Gasteiger partial charge is 0.236 e. The van der Waals surface area contributed by atoms with Gasteiger partial charge in [-0.3, -0.25) is 4.79 Å². The summed E-state index contributed by atoms with van der Waals surface area (Å²) in [6.07, 6.45) is 7.38. The number of rotatable bonds is 6. The molecule has 4 atom stereocenters. The molecular weight excluding hydrogens is 224 g/mol. The standard InChI is InChI=1S/C15H26N2O/c1-4-17(5-2)15(18)10-16-11(3)14-9-12-6-7-13(14)8-12/h6-7,11-14,16H,4-5,8-10H2,1-3H3. The second-order valence-electron chi connectivity index (χ2n) is 5.68. The number of likely N-dealkylation sites (N-methyl/N-ethyl adjacent to an activating group) is 1. The lowest BCUT2D eigenvalue weighted by Gasteiger charge is -2.27. The molecule has 1 N–H and O–H groups in total. The van der Waals surface area contributed by atoms with Gasteiger partial charge in [-0.1, -0.05) is 12.2 Å². The van der Waals surface area contributed by atoms with E-state index in [0.717, 1.165) is 30.8 Å². The number of hydrogen-bond acceptors (Lipinski definition) is 2. The van der Waals surface area contributed by atoms with Crippen molar-refractivity contribution in [2.75, 3.05) is 19.6 Å². The van der Waals surface area contributed by atoms with Gasteiger partial charge < -0.3 is 10.2 Å². The third kappa shape index (κ3) is 2.77. The van der Waals surface area contributed by atoms with Crippen molar-refractivity contribution in [3.8, 4) is 0 Å². The summed E-state index contributed by atoms with van der Waals surface area (Å²) in [5.41, 5.74) is 0. The highest BCUT2D eigenvalue weighted by Crippen LogP contribution is 2.44. The van der Waals surface area contributed by atoms with E-state index in [4.69, 9.17) is 0 Å². The van der Waals surface area contributed by atoms with E-state index in [-0.39, 0.29) is 5.91 Å². The Morgan fingerprint density at radius 2 is 2.06 bits per heavy atom. The summed E-state index contributed by atoms with van der Waals surface area (Å²) in [6, 6.07) is 0.449. The number of carbonyl (C=O) groups is 1. The zero-order valence-corrected chi connectivity index (χ0v) is 11.9. The van der Waals surface area contributed by atoms with Crippen LogP contribution in [0.1, 0.15) is 33.6 Å². The summed E-state index contributed by atoms with van der Waals surface area (Å²) < 4.78 is 0. The summed E-state index contributed by atoms with van der Waals surface area (Å²) in [5, 5.41) is 3.43. The molecule has 4 unspecified atom stereocenters. The van der Waals surface area contributed by atoms with Gasteiger partial charge in [0.05, 0.1) is 6.54 Å². The zero-order valence-electron chi connectivity index (χ0n) is 11.9. The van der Waals surface area contributed by atoms with Gasteiger partial charge in [0.2, 0.25) is 5.91 Å². The van der Waals surface area contributed by atoms with Crippen molar-refractivity contribution in [3.05, 3.63) is 12.2 Å². The van der Waals surface area contributed by atoms with Crippen LogP contribution in [0.5, 0.6) is 0 Å². The molecule has 0 aromatic carbocycles. The first-order valence-electron chi connectivity index (χ1n) is 7.35. The van der Waals surface area contributed by atoms with E-state index in [9.17, 15) is 4.79 Å². The average Bonchev–Trinajstić information content (AvgIpc) is 2.99. The van der Waals surface area contributed by atoms with E-state index in [0.29, 0.717) is 12.6 Å². The fourth-order valence-corrected chi connectivity index (χ4v) is 3.49. The van der Waals surface area contributed by atoms with Crippen LogP contribution in [0, 0.1) is 17.8 Å².